The normalized spacial score (nSPS) is 9.81. The molecule has 0 unspecified atom stereocenters. The summed E-state index contributed by atoms with van der Waals surface area (Å²) in [6, 6.07) is 8.30. The van der Waals surface area contributed by atoms with Crippen molar-refractivity contribution in [1.82, 2.24) is 5.32 Å². The Kier molecular flexibility index (Phi) is 8.28. The van der Waals surface area contributed by atoms with E-state index in [9.17, 15) is 0 Å². The van der Waals surface area contributed by atoms with E-state index in [4.69, 9.17) is 17.0 Å². The molecule has 2 N–H and O–H groups in total. The van der Waals surface area contributed by atoms with Gasteiger partial charge in [0.25, 0.3) is 0 Å². The number of benzene rings is 1. The summed E-state index contributed by atoms with van der Waals surface area (Å²) < 4.78 is 5.05. The Hall–Kier alpha value is -1.75. The Bertz CT molecular complexity index is 430. The van der Waals surface area contributed by atoms with Crippen molar-refractivity contribution < 1.29 is 4.74 Å². The largest absolute Gasteiger partial charge is 0.502 e. The van der Waals surface area contributed by atoms with E-state index in [2.05, 4.69) is 48.1 Å². The summed E-state index contributed by atoms with van der Waals surface area (Å²) in [7, 11) is 0. The molecule has 1 aromatic rings. The van der Waals surface area contributed by atoms with Crippen molar-refractivity contribution in [1.29, 1.82) is 0 Å². The first kappa shape index (κ1) is 17.3. The molecule has 0 aromatic heterocycles. The fraction of sp³-hybridized carbons (Fsp3) is 0.438. The molecular formula is C16H25N3OS. The predicted octanol–water partition coefficient (Wildman–Crippen LogP) is 3.37. The number of hydrogen-bond donors (Lipinski definition) is 2. The summed E-state index contributed by atoms with van der Waals surface area (Å²) in [5.74, 6) is 0. The summed E-state index contributed by atoms with van der Waals surface area (Å²) in [6.45, 7) is 11.3. The second-order valence-corrected chi connectivity index (χ2v) is 4.90. The van der Waals surface area contributed by atoms with Gasteiger partial charge in [0, 0.05) is 31.0 Å². The van der Waals surface area contributed by atoms with Gasteiger partial charge < -0.3 is 20.3 Å². The van der Waals surface area contributed by atoms with Crippen LogP contribution < -0.4 is 15.5 Å². The van der Waals surface area contributed by atoms with Gasteiger partial charge in [-0.1, -0.05) is 6.58 Å². The molecule has 0 fully saturated rings. The Labute approximate surface area is 133 Å². The average Bonchev–Trinajstić information content (AvgIpc) is 2.50. The molecule has 0 heterocycles. The van der Waals surface area contributed by atoms with Crippen LogP contribution >= 0.6 is 12.2 Å². The lowest BCUT2D eigenvalue weighted by Gasteiger charge is -2.21. The molecule has 0 bridgehead atoms. The molecule has 4 nitrogen and oxygen atoms in total. The lowest BCUT2D eigenvalue weighted by Crippen LogP contribution is -2.29. The van der Waals surface area contributed by atoms with Crippen LogP contribution in [-0.2, 0) is 4.74 Å². The van der Waals surface area contributed by atoms with Gasteiger partial charge in [-0.15, -0.1) is 0 Å². The van der Waals surface area contributed by atoms with Gasteiger partial charge in [0.1, 0.15) is 0 Å². The summed E-state index contributed by atoms with van der Waals surface area (Å²) in [5, 5.41) is 6.95. The van der Waals surface area contributed by atoms with Gasteiger partial charge in [-0.05, 0) is 56.8 Å². The molecule has 0 radical (unpaired) electrons. The molecule has 0 saturated carbocycles. The number of anilines is 2. The van der Waals surface area contributed by atoms with Crippen LogP contribution in [0.5, 0.6) is 0 Å². The molecule has 0 spiro atoms. The summed E-state index contributed by atoms with van der Waals surface area (Å²) in [5.41, 5.74) is 2.22. The molecule has 0 aliphatic carbocycles. The number of thiocarbonyl (C=S) groups is 1. The van der Waals surface area contributed by atoms with Crippen LogP contribution in [0.1, 0.15) is 20.3 Å². The maximum absolute atomic E-state index is 5.25. The zero-order valence-corrected chi connectivity index (χ0v) is 13.7. The number of rotatable bonds is 9. The van der Waals surface area contributed by atoms with Gasteiger partial charge in [-0.3, -0.25) is 0 Å². The molecule has 0 atom stereocenters. The lowest BCUT2D eigenvalue weighted by molar-refractivity contribution is 0.247. The highest BCUT2D eigenvalue weighted by molar-refractivity contribution is 7.80. The maximum atomic E-state index is 5.25. The Morgan fingerprint density at radius 3 is 2.52 bits per heavy atom. The zero-order valence-electron chi connectivity index (χ0n) is 12.9. The first-order chi connectivity index (χ1) is 10.2. The standard InChI is InChI=1S/C16H25N3OS/c1-4-19(5-2)15-10-8-14(9-11-15)18-16(21)17-12-7-13-20-6-3/h6,8-11H,3-5,7,12-13H2,1-2H3,(H2,17,18,21). The fourth-order valence-corrected chi connectivity index (χ4v) is 2.18. The SMILES string of the molecule is C=COCCCNC(=S)Nc1ccc(N(CC)CC)cc1. The highest BCUT2D eigenvalue weighted by atomic mass is 32.1. The van der Waals surface area contributed by atoms with E-state index in [1.54, 1.807) is 0 Å². The van der Waals surface area contributed by atoms with E-state index in [1.165, 1.54) is 11.9 Å². The van der Waals surface area contributed by atoms with Gasteiger partial charge >= 0.3 is 0 Å². The highest BCUT2D eigenvalue weighted by Crippen LogP contribution is 2.17. The molecule has 0 aliphatic heterocycles. The van der Waals surface area contributed by atoms with Gasteiger partial charge in [0.2, 0.25) is 0 Å². The van der Waals surface area contributed by atoms with Crippen molar-refractivity contribution >= 4 is 28.7 Å². The van der Waals surface area contributed by atoms with Crippen molar-refractivity contribution in [3.8, 4) is 0 Å². The molecule has 21 heavy (non-hydrogen) atoms. The Balaban J connectivity index is 2.37. The van der Waals surface area contributed by atoms with Crippen LogP contribution in [0.25, 0.3) is 0 Å². The monoisotopic (exact) mass is 307 g/mol. The van der Waals surface area contributed by atoms with E-state index in [0.29, 0.717) is 11.7 Å². The molecule has 0 amide bonds. The second kappa shape index (κ2) is 10.0. The van der Waals surface area contributed by atoms with Crippen LogP contribution in [0.3, 0.4) is 0 Å². The van der Waals surface area contributed by atoms with E-state index < -0.39 is 0 Å². The van der Waals surface area contributed by atoms with Crippen molar-refractivity contribution in [2.24, 2.45) is 0 Å². The van der Waals surface area contributed by atoms with Crippen LogP contribution in [-0.4, -0.2) is 31.4 Å². The van der Waals surface area contributed by atoms with E-state index >= 15 is 0 Å². The van der Waals surface area contributed by atoms with E-state index in [1.807, 2.05) is 12.1 Å². The first-order valence-electron chi connectivity index (χ1n) is 7.33. The van der Waals surface area contributed by atoms with Crippen LogP contribution in [0.4, 0.5) is 11.4 Å². The quantitative estimate of drug-likeness (QED) is 0.415. The third kappa shape index (κ3) is 6.49. The minimum Gasteiger partial charge on any atom is -0.502 e. The maximum Gasteiger partial charge on any atom is 0.170 e. The molecule has 0 aliphatic rings. The molecule has 0 saturated heterocycles. The molecule has 5 heteroatoms. The van der Waals surface area contributed by atoms with E-state index in [-0.39, 0.29) is 0 Å². The number of nitrogens with one attached hydrogen (secondary N) is 2. The number of ether oxygens (including phenoxy) is 1. The van der Waals surface area contributed by atoms with Gasteiger partial charge in [-0.2, -0.15) is 0 Å². The summed E-state index contributed by atoms with van der Waals surface area (Å²) >= 11 is 5.25. The van der Waals surface area contributed by atoms with E-state index in [0.717, 1.165) is 31.7 Å². The highest BCUT2D eigenvalue weighted by Gasteiger charge is 2.02. The van der Waals surface area contributed by atoms with Crippen molar-refractivity contribution in [2.45, 2.75) is 20.3 Å². The van der Waals surface area contributed by atoms with Gasteiger partial charge in [-0.25, -0.2) is 0 Å². The fourth-order valence-electron chi connectivity index (χ4n) is 1.96. The minimum atomic E-state index is 0.629. The Morgan fingerprint density at radius 1 is 1.29 bits per heavy atom. The van der Waals surface area contributed by atoms with Crippen LogP contribution in [0.2, 0.25) is 0 Å². The molecule has 1 aromatic carbocycles. The smallest absolute Gasteiger partial charge is 0.170 e. The Morgan fingerprint density at radius 2 is 1.95 bits per heavy atom. The molecular weight excluding hydrogens is 282 g/mol. The molecule has 116 valence electrons. The predicted molar refractivity (Wildman–Crippen MR) is 95.0 cm³/mol. The number of hydrogen-bond acceptors (Lipinski definition) is 3. The third-order valence-corrected chi connectivity index (χ3v) is 3.34. The van der Waals surface area contributed by atoms with Crippen LogP contribution in [0, 0.1) is 0 Å². The van der Waals surface area contributed by atoms with Gasteiger partial charge in [0.15, 0.2) is 5.11 Å². The second-order valence-electron chi connectivity index (χ2n) is 4.49. The summed E-state index contributed by atoms with van der Waals surface area (Å²) in [4.78, 5) is 2.31. The number of nitrogens with zero attached hydrogens (tertiary/aromatic N) is 1. The van der Waals surface area contributed by atoms with Crippen LogP contribution in [0.15, 0.2) is 37.1 Å². The zero-order chi connectivity index (χ0) is 15.5. The van der Waals surface area contributed by atoms with Crippen molar-refractivity contribution in [3.63, 3.8) is 0 Å². The minimum absolute atomic E-state index is 0.629. The lowest BCUT2D eigenvalue weighted by atomic mass is 10.2. The third-order valence-electron chi connectivity index (χ3n) is 3.10. The topological polar surface area (TPSA) is 36.5 Å². The molecule has 1 rings (SSSR count). The average molecular weight is 307 g/mol. The van der Waals surface area contributed by atoms with Crippen molar-refractivity contribution in [3.05, 3.63) is 37.1 Å². The summed E-state index contributed by atoms with van der Waals surface area (Å²) in [6.07, 6.45) is 2.34. The van der Waals surface area contributed by atoms with Crippen molar-refractivity contribution in [2.75, 3.05) is 36.5 Å². The van der Waals surface area contributed by atoms with Gasteiger partial charge in [0.05, 0.1) is 12.9 Å². The first-order valence-corrected chi connectivity index (χ1v) is 7.74.